The maximum Gasteiger partial charge on any atom is 0.293 e. The van der Waals surface area contributed by atoms with Crippen molar-refractivity contribution in [3.63, 3.8) is 0 Å². The number of carbonyl (C=O) groups is 3. The van der Waals surface area contributed by atoms with Crippen LogP contribution in [0.4, 0.5) is 14.9 Å². The molecule has 1 fully saturated rings. The SMILES string of the molecule is COc1cc(/C=C2/SC(=O)N(Cc3ccccc3F)C2=O)ccc1OCC(=O)Nc1ccc(Br)c(Cl)c1. The molecule has 1 aliphatic heterocycles. The zero-order valence-corrected chi connectivity index (χ0v) is 22.5. The Bertz CT molecular complexity index is 1420. The molecule has 0 spiro atoms. The van der Waals surface area contributed by atoms with Crippen molar-refractivity contribution in [2.75, 3.05) is 19.0 Å². The van der Waals surface area contributed by atoms with Crippen molar-refractivity contribution < 1.29 is 28.2 Å². The molecule has 3 aromatic rings. The topological polar surface area (TPSA) is 84.9 Å². The summed E-state index contributed by atoms with van der Waals surface area (Å²) in [4.78, 5) is 38.7. The highest BCUT2D eigenvalue weighted by Gasteiger charge is 2.35. The van der Waals surface area contributed by atoms with Crippen LogP contribution in [-0.2, 0) is 16.1 Å². The van der Waals surface area contributed by atoms with Crippen LogP contribution >= 0.6 is 39.3 Å². The molecule has 1 heterocycles. The van der Waals surface area contributed by atoms with E-state index in [0.717, 1.165) is 16.7 Å². The van der Waals surface area contributed by atoms with E-state index in [-0.39, 0.29) is 23.6 Å². The largest absolute Gasteiger partial charge is 0.493 e. The molecule has 3 amide bonds. The Labute approximate surface area is 229 Å². The van der Waals surface area contributed by atoms with Gasteiger partial charge in [0.25, 0.3) is 17.1 Å². The Kier molecular flexibility index (Phi) is 8.52. The van der Waals surface area contributed by atoms with Gasteiger partial charge in [-0.3, -0.25) is 19.3 Å². The number of hydrogen-bond donors (Lipinski definition) is 1. The highest BCUT2D eigenvalue weighted by molar-refractivity contribution is 9.10. The van der Waals surface area contributed by atoms with Crippen LogP contribution in [0.15, 0.2) is 70.0 Å². The molecular formula is C26H19BrClFN2O5S. The number of benzene rings is 3. The summed E-state index contributed by atoms with van der Waals surface area (Å²) in [6.07, 6.45) is 1.54. The molecule has 1 aliphatic rings. The van der Waals surface area contributed by atoms with Crippen molar-refractivity contribution in [1.29, 1.82) is 0 Å². The third-order valence-corrected chi connectivity index (χ3v) is 7.35. The highest BCUT2D eigenvalue weighted by Crippen LogP contribution is 2.35. The zero-order valence-electron chi connectivity index (χ0n) is 19.3. The first kappa shape index (κ1) is 26.7. The molecule has 37 heavy (non-hydrogen) atoms. The van der Waals surface area contributed by atoms with E-state index >= 15 is 0 Å². The maximum atomic E-state index is 14.0. The Morgan fingerprint density at radius 1 is 1.14 bits per heavy atom. The van der Waals surface area contributed by atoms with Gasteiger partial charge in [-0.05, 0) is 75.7 Å². The first-order valence-electron chi connectivity index (χ1n) is 10.8. The summed E-state index contributed by atoms with van der Waals surface area (Å²) in [5.41, 5.74) is 1.35. The maximum absolute atomic E-state index is 14.0. The minimum Gasteiger partial charge on any atom is -0.493 e. The lowest BCUT2D eigenvalue weighted by Gasteiger charge is -2.13. The summed E-state index contributed by atoms with van der Waals surface area (Å²) in [6.45, 7) is -0.433. The van der Waals surface area contributed by atoms with Crippen molar-refractivity contribution in [2.24, 2.45) is 0 Å². The fraction of sp³-hybridized carbons (Fsp3) is 0.115. The normalized spacial score (nSPS) is 14.3. The van der Waals surface area contributed by atoms with Gasteiger partial charge in [0.15, 0.2) is 18.1 Å². The second kappa shape index (κ2) is 11.8. The summed E-state index contributed by atoms with van der Waals surface area (Å²) >= 11 is 10.1. The van der Waals surface area contributed by atoms with Gasteiger partial charge < -0.3 is 14.8 Å². The predicted octanol–water partition coefficient (Wildman–Crippen LogP) is 6.50. The molecule has 0 unspecified atom stereocenters. The number of thioether (sulfide) groups is 1. The molecule has 4 rings (SSSR count). The Balaban J connectivity index is 1.42. The molecule has 1 saturated heterocycles. The van der Waals surface area contributed by atoms with E-state index in [1.807, 2.05) is 0 Å². The molecule has 0 bridgehead atoms. The third kappa shape index (κ3) is 6.51. The molecule has 7 nitrogen and oxygen atoms in total. The standard InChI is InChI=1S/C26H19BrClFN2O5S/c1-35-22-10-15(6-9-21(22)36-14-24(32)30-17-7-8-18(27)19(28)12-17)11-23-25(33)31(26(34)37-23)13-16-4-2-3-5-20(16)29/h2-12H,13-14H2,1H3,(H,30,32)/b23-11+. The molecular weight excluding hydrogens is 587 g/mol. The molecule has 0 aliphatic carbocycles. The van der Waals surface area contributed by atoms with E-state index in [1.54, 1.807) is 48.5 Å². The number of imide groups is 1. The van der Waals surface area contributed by atoms with Crippen molar-refractivity contribution in [1.82, 2.24) is 4.90 Å². The van der Waals surface area contributed by atoms with E-state index in [2.05, 4.69) is 21.2 Å². The van der Waals surface area contributed by atoms with Gasteiger partial charge >= 0.3 is 0 Å². The average Bonchev–Trinajstić information content (AvgIpc) is 3.13. The summed E-state index contributed by atoms with van der Waals surface area (Å²) < 4.78 is 25.7. The number of anilines is 1. The number of methoxy groups -OCH3 is 1. The summed E-state index contributed by atoms with van der Waals surface area (Å²) in [7, 11) is 1.44. The van der Waals surface area contributed by atoms with E-state index in [0.29, 0.717) is 32.2 Å². The molecule has 190 valence electrons. The molecule has 3 aromatic carbocycles. The summed E-state index contributed by atoms with van der Waals surface area (Å²) in [5, 5.41) is 2.67. The van der Waals surface area contributed by atoms with E-state index in [1.165, 1.54) is 25.3 Å². The van der Waals surface area contributed by atoms with Gasteiger partial charge in [0.1, 0.15) is 5.82 Å². The number of nitrogens with zero attached hydrogens (tertiary/aromatic N) is 1. The van der Waals surface area contributed by atoms with E-state index < -0.39 is 22.9 Å². The minimum atomic E-state index is -0.512. The third-order valence-electron chi connectivity index (χ3n) is 5.21. The number of rotatable bonds is 8. The number of nitrogens with one attached hydrogen (secondary N) is 1. The first-order chi connectivity index (χ1) is 17.7. The number of carbonyl (C=O) groups excluding carboxylic acids is 3. The van der Waals surface area contributed by atoms with Gasteiger partial charge in [-0.15, -0.1) is 0 Å². The van der Waals surface area contributed by atoms with Crippen molar-refractivity contribution in [3.8, 4) is 11.5 Å². The van der Waals surface area contributed by atoms with Gasteiger partial charge in [-0.25, -0.2) is 4.39 Å². The molecule has 0 saturated carbocycles. The lowest BCUT2D eigenvalue weighted by atomic mass is 10.1. The Morgan fingerprint density at radius 3 is 2.65 bits per heavy atom. The fourth-order valence-corrected chi connectivity index (χ4v) is 4.66. The lowest BCUT2D eigenvalue weighted by Crippen LogP contribution is -2.27. The van der Waals surface area contributed by atoms with Crippen LogP contribution in [0, 0.1) is 5.82 Å². The second-order valence-corrected chi connectivity index (χ2v) is 9.99. The second-order valence-electron chi connectivity index (χ2n) is 7.74. The van der Waals surface area contributed by atoms with Gasteiger partial charge in [-0.1, -0.05) is 35.9 Å². The van der Waals surface area contributed by atoms with Crippen LogP contribution in [-0.4, -0.2) is 35.7 Å². The van der Waals surface area contributed by atoms with E-state index in [9.17, 15) is 18.8 Å². The van der Waals surface area contributed by atoms with Crippen LogP contribution in [0.5, 0.6) is 11.5 Å². The Hall–Kier alpha value is -3.34. The smallest absolute Gasteiger partial charge is 0.293 e. The quantitative estimate of drug-likeness (QED) is 0.295. The molecule has 0 aromatic heterocycles. The molecule has 0 radical (unpaired) electrons. The molecule has 11 heteroatoms. The number of amides is 3. The lowest BCUT2D eigenvalue weighted by molar-refractivity contribution is -0.123. The summed E-state index contributed by atoms with van der Waals surface area (Å²) in [6, 6.07) is 15.9. The Morgan fingerprint density at radius 2 is 1.92 bits per heavy atom. The minimum absolute atomic E-state index is 0.153. The van der Waals surface area contributed by atoms with Crippen LogP contribution < -0.4 is 14.8 Å². The van der Waals surface area contributed by atoms with Gasteiger partial charge in [-0.2, -0.15) is 0 Å². The van der Waals surface area contributed by atoms with Gasteiger partial charge in [0.2, 0.25) is 0 Å². The summed E-state index contributed by atoms with van der Waals surface area (Å²) in [5.74, 6) is -0.745. The zero-order chi connectivity index (χ0) is 26.5. The first-order valence-corrected chi connectivity index (χ1v) is 12.8. The number of hydrogen-bond acceptors (Lipinski definition) is 6. The monoisotopic (exact) mass is 604 g/mol. The van der Waals surface area contributed by atoms with Gasteiger partial charge in [0.05, 0.1) is 23.6 Å². The van der Waals surface area contributed by atoms with Crippen LogP contribution in [0.3, 0.4) is 0 Å². The fourth-order valence-electron chi connectivity index (χ4n) is 3.39. The average molecular weight is 606 g/mol. The van der Waals surface area contributed by atoms with Crippen molar-refractivity contribution in [2.45, 2.75) is 6.54 Å². The van der Waals surface area contributed by atoms with Crippen molar-refractivity contribution in [3.05, 3.63) is 92.0 Å². The van der Waals surface area contributed by atoms with Crippen LogP contribution in [0.2, 0.25) is 5.02 Å². The molecule has 0 atom stereocenters. The highest BCUT2D eigenvalue weighted by atomic mass is 79.9. The van der Waals surface area contributed by atoms with E-state index in [4.69, 9.17) is 21.1 Å². The van der Waals surface area contributed by atoms with Crippen molar-refractivity contribution >= 4 is 68.1 Å². The predicted molar refractivity (Wildman–Crippen MR) is 144 cm³/mol. The number of halogens is 3. The van der Waals surface area contributed by atoms with Crippen LogP contribution in [0.1, 0.15) is 11.1 Å². The van der Waals surface area contributed by atoms with Crippen LogP contribution in [0.25, 0.3) is 6.08 Å². The molecule has 1 N–H and O–H groups in total. The van der Waals surface area contributed by atoms with Gasteiger partial charge in [0, 0.05) is 15.7 Å². The number of ether oxygens (including phenoxy) is 2.